The molecule has 1 rings (SSSR count). The normalized spacial score (nSPS) is 18.3. The maximum absolute atomic E-state index is 11.9. The van der Waals surface area contributed by atoms with E-state index in [-0.39, 0.29) is 30.1 Å². The summed E-state index contributed by atoms with van der Waals surface area (Å²) < 4.78 is 5.18. The number of rotatable bonds is 7. The first kappa shape index (κ1) is 19.1. The molecule has 0 radical (unpaired) electrons. The van der Waals surface area contributed by atoms with Crippen LogP contribution in [-0.4, -0.2) is 56.1 Å². The number of carbonyl (C=O) groups is 2. The Labute approximate surface area is 126 Å². The molecular formula is C13H26ClN3O3. The van der Waals surface area contributed by atoms with Crippen molar-refractivity contribution < 1.29 is 14.3 Å². The number of nitrogens with two attached hydrogens (primary N) is 1. The lowest BCUT2D eigenvalue weighted by Gasteiger charge is -2.32. The average Bonchev–Trinajstić information content (AvgIpc) is 2.45. The van der Waals surface area contributed by atoms with Crippen LogP contribution >= 0.6 is 12.4 Å². The van der Waals surface area contributed by atoms with Crippen molar-refractivity contribution in [3.05, 3.63) is 0 Å². The number of halogens is 1. The van der Waals surface area contributed by atoms with Gasteiger partial charge in [0.2, 0.25) is 11.8 Å². The van der Waals surface area contributed by atoms with E-state index in [1.807, 2.05) is 6.92 Å². The summed E-state index contributed by atoms with van der Waals surface area (Å²) in [6.45, 7) is 5.17. The van der Waals surface area contributed by atoms with Crippen LogP contribution in [0.3, 0.4) is 0 Å². The van der Waals surface area contributed by atoms with Crippen molar-refractivity contribution in [1.82, 2.24) is 10.2 Å². The molecule has 0 saturated carbocycles. The quantitative estimate of drug-likeness (QED) is 0.656. The predicted octanol–water partition coefficient (Wildman–Crippen LogP) is 0.148. The Bertz CT molecular complexity index is 303. The minimum Gasteiger partial charge on any atom is -0.381 e. The molecule has 3 N–H and O–H groups in total. The van der Waals surface area contributed by atoms with Gasteiger partial charge in [-0.05, 0) is 19.8 Å². The fraction of sp³-hybridized carbons (Fsp3) is 0.846. The van der Waals surface area contributed by atoms with E-state index >= 15 is 0 Å². The smallest absolute Gasteiger partial charge is 0.224 e. The predicted molar refractivity (Wildman–Crippen MR) is 79.7 cm³/mol. The van der Waals surface area contributed by atoms with Crippen LogP contribution in [0, 0.1) is 5.92 Å². The molecule has 0 bridgehead atoms. The maximum atomic E-state index is 11.9. The van der Waals surface area contributed by atoms with Gasteiger partial charge in [0.1, 0.15) is 0 Å². The molecule has 1 heterocycles. The summed E-state index contributed by atoms with van der Waals surface area (Å²) in [6, 6.07) is 0. The lowest BCUT2D eigenvalue weighted by molar-refractivity contribution is -0.136. The third-order valence-electron chi connectivity index (χ3n) is 3.25. The van der Waals surface area contributed by atoms with Crippen molar-refractivity contribution in [3.8, 4) is 0 Å². The van der Waals surface area contributed by atoms with Gasteiger partial charge in [-0.25, -0.2) is 0 Å². The minimum atomic E-state index is -0.101. The van der Waals surface area contributed by atoms with E-state index in [2.05, 4.69) is 5.32 Å². The van der Waals surface area contributed by atoms with E-state index in [0.717, 1.165) is 19.4 Å². The first-order chi connectivity index (χ1) is 9.19. The largest absolute Gasteiger partial charge is 0.381 e. The second-order valence-electron chi connectivity index (χ2n) is 4.71. The molecule has 20 heavy (non-hydrogen) atoms. The number of carbonyl (C=O) groups excluding carboxylic acids is 2. The monoisotopic (exact) mass is 307 g/mol. The Hall–Kier alpha value is -0.850. The molecule has 6 nitrogen and oxygen atoms in total. The molecule has 0 spiro atoms. The van der Waals surface area contributed by atoms with E-state index in [1.54, 1.807) is 4.90 Å². The van der Waals surface area contributed by atoms with Gasteiger partial charge in [0.25, 0.3) is 0 Å². The molecule has 1 aliphatic heterocycles. The summed E-state index contributed by atoms with van der Waals surface area (Å²) in [5, 5.41) is 2.79. The van der Waals surface area contributed by atoms with E-state index in [1.165, 1.54) is 0 Å². The van der Waals surface area contributed by atoms with Crippen LogP contribution in [0.25, 0.3) is 0 Å². The van der Waals surface area contributed by atoms with Gasteiger partial charge in [0, 0.05) is 32.8 Å². The van der Waals surface area contributed by atoms with Crippen molar-refractivity contribution in [2.24, 2.45) is 11.7 Å². The van der Waals surface area contributed by atoms with Gasteiger partial charge in [-0.1, -0.05) is 0 Å². The summed E-state index contributed by atoms with van der Waals surface area (Å²) in [6.07, 6.45) is 2.11. The zero-order chi connectivity index (χ0) is 14.1. The van der Waals surface area contributed by atoms with Gasteiger partial charge in [0.15, 0.2) is 0 Å². The second kappa shape index (κ2) is 10.9. The number of hydrogen-bond donors (Lipinski definition) is 2. The summed E-state index contributed by atoms with van der Waals surface area (Å²) in [7, 11) is 0. The number of hydrogen-bond acceptors (Lipinski definition) is 4. The summed E-state index contributed by atoms with van der Waals surface area (Å²) >= 11 is 0. The van der Waals surface area contributed by atoms with Crippen LogP contribution in [0.15, 0.2) is 0 Å². The summed E-state index contributed by atoms with van der Waals surface area (Å²) in [5.41, 5.74) is 5.36. The average molecular weight is 308 g/mol. The van der Waals surface area contributed by atoms with Gasteiger partial charge in [0.05, 0.1) is 18.9 Å². The summed E-state index contributed by atoms with van der Waals surface area (Å²) in [5.74, 6) is -0.0196. The zero-order valence-electron chi connectivity index (χ0n) is 12.1. The zero-order valence-corrected chi connectivity index (χ0v) is 12.9. The molecule has 2 amide bonds. The van der Waals surface area contributed by atoms with Crippen molar-refractivity contribution in [1.29, 1.82) is 0 Å². The molecule has 0 aromatic rings. The molecule has 0 aliphatic carbocycles. The highest BCUT2D eigenvalue weighted by molar-refractivity contribution is 5.85. The Balaban J connectivity index is 0.00000361. The van der Waals surface area contributed by atoms with Crippen LogP contribution < -0.4 is 11.1 Å². The number of nitrogens with zero attached hydrogens (tertiary/aromatic N) is 1. The minimum absolute atomic E-state index is 0. The third kappa shape index (κ3) is 6.54. The topological polar surface area (TPSA) is 84.7 Å². The molecule has 118 valence electrons. The van der Waals surface area contributed by atoms with Gasteiger partial charge >= 0.3 is 0 Å². The van der Waals surface area contributed by atoms with Crippen molar-refractivity contribution in [2.45, 2.75) is 26.2 Å². The molecule has 7 heteroatoms. The van der Waals surface area contributed by atoms with Crippen molar-refractivity contribution in [3.63, 3.8) is 0 Å². The highest BCUT2D eigenvalue weighted by Gasteiger charge is 2.27. The molecule has 0 aromatic carbocycles. The second-order valence-corrected chi connectivity index (χ2v) is 4.71. The molecule has 1 saturated heterocycles. The van der Waals surface area contributed by atoms with Crippen LogP contribution in [0.2, 0.25) is 0 Å². The van der Waals surface area contributed by atoms with E-state index in [4.69, 9.17) is 10.5 Å². The Morgan fingerprint density at radius 3 is 2.85 bits per heavy atom. The maximum Gasteiger partial charge on any atom is 0.224 e. The first-order valence-electron chi connectivity index (χ1n) is 7.02. The number of likely N-dealkylation sites (tertiary alicyclic amines) is 1. The Morgan fingerprint density at radius 1 is 1.45 bits per heavy atom. The molecule has 1 atom stereocenters. The highest BCUT2D eigenvalue weighted by atomic mass is 35.5. The fourth-order valence-electron chi connectivity index (χ4n) is 2.22. The van der Waals surface area contributed by atoms with Gasteiger partial charge < -0.3 is 20.7 Å². The number of piperidine rings is 1. The third-order valence-corrected chi connectivity index (χ3v) is 3.25. The number of nitrogens with one attached hydrogen (secondary N) is 1. The SMILES string of the molecule is CCOCCC(=O)N1CCCC(C(=O)NCCN)C1.Cl. The molecule has 1 unspecified atom stereocenters. The van der Waals surface area contributed by atoms with Crippen molar-refractivity contribution >= 4 is 24.2 Å². The first-order valence-corrected chi connectivity index (χ1v) is 7.02. The fourth-order valence-corrected chi connectivity index (χ4v) is 2.22. The van der Waals surface area contributed by atoms with Gasteiger partial charge in [-0.3, -0.25) is 9.59 Å². The number of amides is 2. The lowest BCUT2D eigenvalue weighted by Crippen LogP contribution is -2.46. The number of ether oxygens (including phenoxy) is 1. The lowest BCUT2D eigenvalue weighted by atomic mass is 9.97. The van der Waals surface area contributed by atoms with E-state index < -0.39 is 0 Å². The van der Waals surface area contributed by atoms with Gasteiger partial charge in [-0.15, -0.1) is 12.4 Å². The van der Waals surface area contributed by atoms with Crippen LogP contribution in [-0.2, 0) is 14.3 Å². The van der Waals surface area contributed by atoms with Gasteiger partial charge in [-0.2, -0.15) is 0 Å². The Kier molecular flexibility index (Phi) is 10.4. The molecule has 1 fully saturated rings. The molecule has 1 aliphatic rings. The van der Waals surface area contributed by atoms with Crippen molar-refractivity contribution in [2.75, 3.05) is 39.4 Å². The highest BCUT2D eigenvalue weighted by Crippen LogP contribution is 2.17. The van der Waals surface area contributed by atoms with E-state index in [0.29, 0.717) is 39.3 Å². The molecular weight excluding hydrogens is 282 g/mol. The standard InChI is InChI=1S/C13H25N3O3.ClH/c1-2-19-9-5-12(17)16-8-3-4-11(10-16)13(18)15-7-6-14;/h11H,2-10,14H2,1H3,(H,15,18);1H. The van der Waals surface area contributed by atoms with Crippen LogP contribution in [0.1, 0.15) is 26.2 Å². The van der Waals surface area contributed by atoms with Crippen LogP contribution in [0.4, 0.5) is 0 Å². The summed E-state index contributed by atoms with van der Waals surface area (Å²) in [4.78, 5) is 25.6. The molecule has 0 aromatic heterocycles. The Morgan fingerprint density at radius 2 is 2.20 bits per heavy atom. The van der Waals surface area contributed by atoms with Crippen LogP contribution in [0.5, 0.6) is 0 Å². The van der Waals surface area contributed by atoms with E-state index in [9.17, 15) is 9.59 Å².